The van der Waals surface area contributed by atoms with E-state index in [1.54, 1.807) is 36.3 Å². The molecule has 190 valence electrons. The molecule has 2 fully saturated rings. The minimum absolute atomic E-state index is 0.0251. The number of piperidine rings is 1. The summed E-state index contributed by atoms with van der Waals surface area (Å²) in [6.07, 6.45) is 0.992. The van der Waals surface area contributed by atoms with E-state index in [0.717, 1.165) is 5.69 Å². The maximum absolute atomic E-state index is 13.9. The lowest BCUT2D eigenvalue weighted by Gasteiger charge is -2.43. The van der Waals surface area contributed by atoms with Gasteiger partial charge in [0.25, 0.3) is 11.8 Å². The van der Waals surface area contributed by atoms with E-state index in [2.05, 4.69) is 10.2 Å². The van der Waals surface area contributed by atoms with E-state index in [1.165, 1.54) is 0 Å². The maximum Gasteiger partial charge on any atom is 0.253 e. The maximum atomic E-state index is 13.9. The Morgan fingerprint density at radius 2 is 1.51 bits per heavy atom. The van der Waals surface area contributed by atoms with Gasteiger partial charge in [-0.1, -0.05) is 36.4 Å². The van der Waals surface area contributed by atoms with Crippen molar-refractivity contribution in [3.8, 4) is 5.75 Å². The molecule has 0 aromatic heterocycles. The summed E-state index contributed by atoms with van der Waals surface area (Å²) in [7, 11) is 1.59. The lowest BCUT2D eigenvalue weighted by Crippen LogP contribution is -2.57. The molecule has 2 saturated heterocycles. The van der Waals surface area contributed by atoms with Gasteiger partial charge in [-0.2, -0.15) is 0 Å². The van der Waals surface area contributed by atoms with E-state index in [0.29, 0.717) is 49.6 Å². The fourth-order valence-electron chi connectivity index (χ4n) is 5.21. The summed E-state index contributed by atoms with van der Waals surface area (Å²) in [5.74, 6) is 0.335. The monoisotopic (exact) mass is 498 g/mol. The first-order valence-electron chi connectivity index (χ1n) is 12.4. The van der Waals surface area contributed by atoms with Crippen LogP contribution in [-0.4, -0.2) is 66.5 Å². The van der Waals surface area contributed by atoms with Crippen LogP contribution in [0.5, 0.6) is 5.75 Å². The zero-order chi connectivity index (χ0) is 25.8. The first kappa shape index (κ1) is 24.4. The van der Waals surface area contributed by atoms with Crippen molar-refractivity contribution < 1.29 is 19.1 Å². The third-order valence-corrected chi connectivity index (χ3v) is 7.19. The van der Waals surface area contributed by atoms with E-state index in [-0.39, 0.29) is 24.3 Å². The normalized spacial score (nSPS) is 16.7. The fourth-order valence-corrected chi connectivity index (χ4v) is 5.21. The largest absolute Gasteiger partial charge is 0.497 e. The SMILES string of the molecule is COc1ccc(NC(=O)CN2CN(c3ccccc3)C3(CCN(C(=O)c4ccccc4)CC3)C2=O)cc1. The van der Waals surface area contributed by atoms with Crippen LogP contribution in [-0.2, 0) is 9.59 Å². The summed E-state index contributed by atoms with van der Waals surface area (Å²) < 4.78 is 5.17. The average Bonchev–Trinajstić information content (AvgIpc) is 3.20. The summed E-state index contributed by atoms with van der Waals surface area (Å²) in [6.45, 7) is 1.19. The first-order valence-corrected chi connectivity index (χ1v) is 12.4. The number of carbonyl (C=O) groups is 3. The smallest absolute Gasteiger partial charge is 0.253 e. The minimum Gasteiger partial charge on any atom is -0.497 e. The Hall–Kier alpha value is -4.33. The van der Waals surface area contributed by atoms with Gasteiger partial charge in [-0.05, 0) is 61.4 Å². The van der Waals surface area contributed by atoms with Crippen molar-refractivity contribution in [2.24, 2.45) is 0 Å². The molecule has 2 aliphatic heterocycles. The molecule has 2 heterocycles. The fraction of sp³-hybridized carbons (Fsp3) is 0.276. The minimum atomic E-state index is -0.796. The molecule has 3 aromatic rings. The molecule has 3 amide bonds. The average molecular weight is 499 g/mol. The number of anilines is 2. The van der Waals surface area contributed by atoms with Crippen molar-refractivity contribution in [3.63, 3.8) is 0 Å². The molecule has 0 unspecified atom stereocenters. The molecule has 1 N–H and O–H groups in total. The van der Waals surface area contributed by atoms with Gasteiger partial charge in [-0.25, -0.2) is 0 Å². The Bertz CT molecular complexity index is 1260. The van der Waals surface area contributed by atoms with Gasteiger partial charge in [0.15, 0.2) is 0 Å². The molecular formula is C29H30N4O4. The highest BCUT2D eigenvalue weighted by atomic mass is 16.5. The van der Waals surface area contributed by atoms with E-state index < -0.39 is 5.54 Å². The molecule has 8 nitrogen and oxygen atoms in total. The highest BCUT2D eigenvalue weighted by Gasteiger charge is 2.54. The first-order chi connectivity index (χ1) is 18.0. The third-order valence-electron chi connectivity index (χ3n) is 7.19. The van der Waals surface area contributed by atoms with Crippen LogP contribution >= 0.6 is 0 Å². The Labute approximate surface area is 216 Å². The van der Waals surface area contributed by atoms with E-state index >= 15 is 0 Å². The van der Waals surface area contributed by atoms with Crippen molar-refractivity contribution in [1.29, 1.82) is 0 Å². The van der Waals surface area contributed by atoms with Crippen molar-refractivity contribution in [1.82, 2.24) is 9.80 Å². The van der Waals surface area contributed by atoms with Crippen LogP contribution in [0.2, 0.25) is 0 Å². The van der Waals surface area contributed by atoms with E-state index in [1.807, 2.05) is 65.6 Å². The molecule has 1 spiro atoms. The summed E-state index contributed by atoms with van der Waals surface area (Å²) in [5, 5.41) is 2.87. The molecular weight excluding hydrogens is 468 g/mol. The summed E-state index contributed by atoms with van der Waals surface area (Å²) in [6, 6.07) is 26.1. The second-order valence-electron chi connectivity index (χ2n) is 9.37. The molecule has 3 aromatic carbocycles. The number of hydrogen-bond donors (Lipinski definition) is 1. The number of nitrogens with zero attached hydrogens (tertiary/aromatic N) is 3. The van der Waals surface area contributed by atoms with Crippen LogP contribution in [0.3, 0.4) is 0 Å². The molecule has 0 radical (unpaired) electrons. The molecule has 0 bridgehead atoms. The number of hydrogen-bond acceptors (Lipinski definition) is 5. The highest BCUT2D eigenvalue weighted by molar-refractivity contribution is 6.00. The zero-order valence-corrected chi connectivity index (χ0v) is 20.8. The van der Waals surface area contributed by atoms with Crippen molar-refractivity contribution in [2.75, 3.05) is 43.6 Å². The number of ether oxygens (including phenoxy) is 1. The summed E-state index contributed by atoms with van der Waals surface area (Å²) in [5.41, 5.74) is 1.42. The summed E-state index contributed by atoms with van der Waals surface area (Å²) >= 11 is 0. The predicted octanol–water partition coefficient (Wildman–Crippen LogP) is 3.62. The van der Waals surface area contributed by atoms with Crippen LogP contribution in [0.25, 0.3) is 0 Å². The Morgan fingerprint density at radius 1 is 0.892 bits per heavy atom. The number of benzene rings is 3. The van der Waals surface area contributed by atoms with E-state index in [9.17, 15) is 14.4 Å². The topological polar surface area (TPSA) is 82.2 Å². The highest BCUT2D eigenvalue weighted by Crippen LogP contribution is 2.39. The lowest BCUT2D eigenvalue weighted by atomic mass is 9.85. The van der Waals surface area contributed by atoms with Crippen LogP contribution in [0.15, 0.2) is 84.9 Å². The number of carbonyl (C=O) groups excluding carboxylic acids is 3. The quantitative estimate of drug-likeness (QED) is 0.562. The van der Waals surface area contributed by atoms with Gasteiger partial charge in [0.05, 0.1) is 13.8 Å². The molecule has 2 aliphatic rings. The van der Waals surface area contributed by atoms with Crippen LogP contribution in [0.1, 0.15) is 23.2 Å². The van der Waals surface area contributed by atoms with Crippen molar-refractivity contribution in [3.05, 3.63) is 90.5 Å². The second-order valence-corrected chi connectivity index (χ2v) is 9.37. The van der Waals surface area contributed by atoms with Gasteiger partial charge in [-0.15, -0.1) is 0 Å². The number of amides is 3. The van der Waals surface area contributed by atoms with Gasteiger partial charge < -0.3 is 24.8 Å². The number of likely N-dealkylation sites (tertiary alicyclic amines) is 1. The molecule has 8 heteroatoms. The predicted molar refractivity (Wildman–Crippen MR) is 141 cm³/mol. The standard InChI is InChI=1S/C29H30N4O4/c1-37-25-14-12-23(13-15-25)30-26(34)20-32-21-33(24-10-6-3-7-11-24)29(28(32)36)16-18-31(19-17-29)27(35)22-8-4-2-5-9-22/h2-15H,16-21H2,1H3,(H,30,34). The molecule has 5 rings (SSSR count). The van der Waals surface area contributed by atoms with Crippen molar-refractivity contribution >= 4 is 29.1 Å². The Kier molecular flexibility index (Phi) is 6.81. The summed E-state index contributed by atoms with van der Waals surface area (Å²) in [4.78, 5) is 45.3. The molecule has 0 atom stereocenters. The second kappa shape index (κ2) is 10.3. The third kappa shape index (κ3) is 4.87. The number of para-hydroxylation sites is 1. The van der Waals surface area contributed by atoms with Crippen LogP contribution < -0.4 is 15.0 Å². The lowest BCUT2D eigenvalue weighted by molar-refractivity contribution is -0.136. The van der Waals surface area contributed by atoms with Crippen LogP contribution in [0.4, 0.5) is 11.4 Å². The Morgan fingerprint density at radius 3 is 2.14 bits per heavy atom. The number of nitrogens with one attached hydrogen (secondary N) is 1. The zero-order valence-electron chi connectivity index (χ0n) is 20.8. The van der Waals surface area contributed by atoms with Gasteiger partial charge in [-0.3, -0.25) is 14.4 Å². The molecule has 37 heavy (non-hydrogen) atoms. The number of methoxy groups -OCH3 is 1. The van der Waals surface area contributed by atoms with E-state index in [4.69, 9.17) is 4.74 Å². The molecule has 0 saturated carbocycles. The van der Waals surface area contributed by atoms with Gasteiger partial charge >= 0.3 is 0 Å². The van der Waals surface area contributed by atoms with Gasteiger partial charge in [0.2, 0.25) is 5.91 Å². The van der Waals surface area contributed by atoms with Gasteiger partial charge in [0, 0.05) is 30.0 Å². The van der Waals surface area contributed by atoms with Crippen molar-refractivity contribution in [2.45, 2.75) is 18.4 Å². The number of rotatable bonds is 6. The molecule has 0 aliphatic carbocycles. The Balaban J connectivity index is 1.32. The van der Waals surface area contributed by atoms with Crippen LogP contribution in [0, 0.1) is 0 Å². The van der Waals surface area contributed by atoms with Gasteiger partial charge in [0.1, 0.15) is 17.8 Å².